The van der Waals surface area contributed by atoms with Crippen molar-refractivity contribution in [3.05, 3.63) is 0 Å². The molecule has 2 N–H and O–H groups in total. The summed E-state index contributed by atoms with van der Waals surface area (Å²) in [6.45, 7) is 8.89. The maximum atomic E-state index is 13.0. The van der Waals surface area contributed by atoms with Gasteiger partial charge in [0.15, 0.2) is 0 Å². The van der Waals surface area contributed by atoms with E-state index in [-0.39, 0.29) is 24.0 Å². The molecule has 0 radical (unpaired) electrons. The Bertz CT molecular complexity index is 351. The van der Waals surface area contributed by atoms with Gasteiger partial charge in [-0.05, 0) is 39.7 Å². The maximum absolute atomic E-state index is 13.0. The molecule has 0 aromatic rings. The van der Waals surface area contributed by atoms with E-state index in [1.54, 1.807) is 0 Å². The van der Waals surface area contributed by atoms with Crippen LogP contribution in [0.3, 0.4) is 0 Å². The summed E-state index contributed by atoms with van der Waals surface area (Å²) >= 11 is 0. The molecule has 2 atom stereocenters. The monoisotopic (exact) mass is 284 g/mol. The van der Waals surface area contributed by atoms with E-state index < -0.39 is 5.60 Å². The van der Waals surface area contributed by atoms with Crippen molar-refractivity contribution in [3.8, 4) is 0 Å². The molecular weight excluding hydrogens is 256 g/mol. The van der Waals surface area contributed by atoms with Crippen LogP contribution in [0.25, 0.3) is 0 Å². The van der Waals surface area contributed by atoms with Crippen molar-refractivity contribution in [2.45, 2.75) is 51.7 Å². The number of aliphatic hydroxyl groups excluding tert-OH is 1. The molecule has 2 heterocycles. The van der Waals surface area contributed by atoms with Gasteiger partial charge in [0.1, 0.15) is 0 Å². The number of hydrogen-bond acceptors (Lipinski definition) is 4. The molecule has 5 heteroatoms. The number of aliphatic hydroxyl groups is 1. The Morgan fingerprint density at radius 2 is 2.25 bits per heavy atom. The minimum Gasteiger partial charge on any atom is -0.394 e. The molecule has 2 fully saturated rings. The lowest BCUT2D eigenvalue weighted by Crippen LogP contribution is -2.60. The van der Waals surface area contributed by atoms with Crippen LogP contribution < -0.4 is 5.32 Å². The number of ether oxygens (including phenoxy) is 1. The molecule has 5 nitrogen and oxygen atoms in total. The Morgan fingerprint density at radius 3 is 2.80 bits per heavy atom. The van der Waals surface area contributed by atoms with Gasteiger partial charge < -0.3 is 20.1 Å². The van der Waals surface area contributed by atoms with E-state index in [4.69, 9.17) is 4.74 Å². The van der Waals surface area contributed by atoms with E-state index in [0.717, 1.165) is 32.4 Å². The fourth-order valence-electron chi connectivity index (χ4n) is 3.48. The molecule has 116 valence electrons. The predicted octanol–water partition coefficient (Wildman–Crippen LogP) is 0.764. The molecule has 0 bridgehead atoms. The van der Waals surface area contributed by atoms with Crippen molar-refractivity contribution in [1.29, 1.82) is 0 Å². The number of nitrogens with one attached hydrogen (secondary N) is 1. The predicted molar refractivity (Wildman–Crippen MR) is 77.4 cm³/mol. The van der Waals surface area contributed by atoms with Gasteiger partial charge in [-0.25, -0.2) is 0 Å². The van der Waals surface area contributed by atoms with Crippen molar-refractivity contribution < 1.29 is 14.6 Å². The number of hydrogen-bond donors (Lipinski definition) is 2. The zero-order valence-electron chi connectivity index (χ0n) is 12.9. The van der Waals surface area contributed by atoms with Crippen molar-refractivity contribution in [1.82, 2.24) is 10.2 Å². The Morgan fingerprint density at radius 1 is 1.50 bits per heavy atom. The highest BCUT2D eigenvalue weighted by atomic mass is 16.5. The highest BCUT2D eigenvalue weighted by molar-refractivity contribution is 5.83. The maximum Gasteiger partial charge on any atom is 0.230 e. The molecule has 2 aliphatic heterocycles. The average Bonchev–Trinajstić information content (AvgIpc) is 2.45. The molecule has 2 saturated heterocycles. The molecule has 2 unspecified atom stereocenters. The summed E-state index contributed by atoms with van der Waals surface area (Å²) in [6, 6.07) is 0. The van der Waals surface area contributed by atoms with Gasteiger partial charge in [0.25, 0.3) is 0 Å². The summed E-state index contributed by atoms with van der Waals surface area (Å²) in [5.41, 5.74) is -0.663. The van der Waals surface area contributed by atoms with Crippen LogP contribution in [0.4, 0.5) is 0 Å². The number of piperidine rings is 1. The highest BCUT2D eigenvalue weighted by Gasteiger charge is 2.44. The van der Waals surface area contributed by atoms with Gasteiger partial charge in [0, 0.05) is 19.6 Å². The molecular formula is C15H28N2O3. The lowest BCUT2D eigenvalue weighted by atomic mass is 9.76. The minimum atomic E-state index is -0.391. The Labute approximate surface area is 121 Å². The van der Waals surface area contributed by atoms with Crippen LogP contribution in [0.1, 0.15) is 40.0 Å². The molecule has 0 spiro atoms. The normalized spacial score (nSPS) is 34.0. The van der Waals surface area contributed by atoms with E-state index in [1.165, 1.54) is 0 Å². The third-order valence-electron chi connectivity index (χ3n) is 4.57. The molecule has 2 rings (SSSR count). The molecule has 20 heavy (non-hydrogen) atoms. The fourth-order valence-corrected chi connectivity index (χ4v) is 3.48. The van der Waals surface area contributed by atoms with Crippen molar-refractivity contribution in [2.75, 3.05) is 32.8 Å². The first-order chi connectivity index (χ1) is 9.42. The first-order valence-electron chi connectivity index (χ1n) is 7.71. The SMILES string of the molecule is CCC1(C(=O)N2CC(CO)OC(C)(C)C2)CCCNC1. The highest BCUT2D eigenvalue weighted by Crippen LogP contribution is 2.34. The van der Waals surface area contributed by atoms with Crippen LogP contribution in [0.2, 0.25) is 0 Å². The second-order valence-electron chi connectivity index (χ2n) is 6.78. The first-order valence-corrected chi connectivity index (χ1v) is 7.71. The lowest BCUT2D eigenvalue weighted by molar-refractivity contribution is -0.175. The summed E-state index contributed by atoms with van der Waals surface area (Å²) in [7, 11) is 0. The van der Waals surface area contributed by atoms with Crippen LogP contribution in [0, 0.1) is 5.41 Å². The molecule has 0 saturated carbocycles. The molecule has 0 aromatic heterocycles. The van der Waals surface area contributed by atoms with Crippen LogP contribution in [0.15, 0.2) is 0 Å². The largest absolute Gasteiger partial charge is 0.394 e. The Kier molecular flexibility index (Phi) is 4.72. The second-order valence-corrected chi connectivity index (χ2v) is 6.78. The van der Waals surface area contributed by atoms with E-state index in [1.807, 2.05) is 18.7 Å². The van der Waals surface area contributed by atoms with E-state index in [0.29, 0.717) is 13.1 Å². The van der Waals surface area contributed by atoms with Gasteiger partial charge in [-0.3, -0.25) is 4.79 Å². The van der Waals surface area contributed by atoms with E-state index >= 15 is 0 Å². The van der Waals surface area contributed by atoms with Crippen LogP contribution >= 0.6 is 0 Å². The van der Waals surface area contributed by atoms with Crippen molar-refractivity contribution in [2.24, 2.45) is 5.41 Å². The topological polar surface area (TPSA) is 61.8 Å². The lowest BCUT2D eigenvalue weighted by Gasteiger charge is -2.46. The zero-order valence-corrected chi connectivity index (χ0v) is 12.9. The number of amides is 1. The van der Waals surface area contributed by atoms with Gasteiger partial charge in [-0.15, -0.1) is 0 Å². The number of carbonyl (C=O) groups excluding carboxylic acids is 1. The summed E-state index contributed by atoms with van der Waals surface area (Å²) in [5.74, 6) is 0.224. The molecule has 0 aliphatic carbocycles. The van der Waals surface area contributed by atoms with Gasteiger partial charge in [-0.2, -0.15) is 0 Å². The van der Waals surface area contributed by atoms with E-state index in [2.05, 4.69) is 12.2 Å². The Hall–Kier alpha value is -0.650. The summed E-state index contributed by atoms with van der Waals surface area (Å²) in [4.78, 5) is 14.9. The van der Waals surface area contributed by atoms with Crippen molar-refractivity contribution >= 4 is 5.91 Å². The van der Waals surface area contributed by atoms with Gasteiger partial charge in [0.2, 0.25) is 5.91 Å². The molecule has 2 aliphatic rings. The van der Waals surface area contributed by atoms with Crippen LogP contribution in [-0.2, 0) is 9.53 Å². The number of carbonyl (C=O) groups is 1. The third kappa shape index (κ3) is 3.15. The Balaban J connectivity index is 2.14. The smallest absolute Gasteiger partial charge is 0.230 e. The summed E-state index contributed by atoms with van der Waals surface area (Å²) in [6.07, 6.45) is 2.60. The van der Waals surface area contributed by atoms with Crippen LogP contribution in [0.5, 0.6) is 0 Å². The minimum absolute atomic E-state index is 0.0371. The standard InChI is InChI=1S/C15H28N2O3/c1-4-15(6-5-7-16-10-15)13(19)17-8-12(9-18)20-14(2,3)11-17/h12,16,18H,4-11H2,1-3H3. The van der Waals surface area contributed by atoms with E-state index in [9.17, 15) is 9.90 Å². The quantitative estimate of drug-likeness (QED) is 0.803. The summed E-state index contributed by atoms with van der Waals surface area (Å²) in [5, 5.41) is 12.7. The van der Waals surface area contributed by atoms with Crippen molar-refractivity contribution in [3.63, 3.8) is 0 Å². The number of morpholine rings is 1. The number of rotatable bonds is 3. The van der Waals surface area contributed by atoms with Gasteiger partial charge >= 0.3 is 0 Å². The van der Waals surface area contributed by atoms with Gasteiger partial charge in [-0.1, -0.05) is 6.92 Å². The fraction of sp³-hybridized carbons (Fsp3) is 0.933. The van der Waals surface area contributed by atoms with Gasteiger partial charge in [0.05, 0.1) is 23.7 Å². The molecule has 1 amide bonds. The summed E-state index contributed by atoms with van der Waals surface area (Å²) < 4.78 is 5.80. The number of nitrogens with zero attached hydrogens (tertiary/aromatic N) is 1. The zero-order chi connectivity index (χ0) is 14.8. The molecule has 0 aromatic carbocycles. The third-order valence-corrected chi connectivity index (χ3v) is 4.57. The van der Waals surface area contributed by atoms with Crippen LogP contribution in [-0.4, -0.2) is 60.4 Å². The second kappa shape index (κ2) is 6.00. The first kappa shape index (κ1) is 15.7. The average molecular weight is 284 g/mol.